The lowest BCUT2D eigenvalue weighted by molar-refractivity contribution is -0.133. The van der Waals surface area contributed by atoms with E-state index in [9.17, 15) is 8.78 Å². The Morgan fingerprint density at radius 2 is 2.23 bits per heavy atom. The Morgan fingerprint density at radius 3 is 2.77 bits per heavy atom. The SMILES string of the molecule is CON(C)CC1CCCC(F)(F)C1. The molecule has 0 aromatic rings. The summed E-state index contributed by atoms with van der Waals surface area (Å²) >= 11 is 0. The number of hydrogen-bond donors (Lipinski definition) is 0. The van der Waals surface area contributed by atoms with Gasteiger partial charge in [-0.15, -0.1) is 0 Å². The lowest BCUT2D eigenvalue weighted by atomic mass is 9.86. The van der Waals surface area contributed by atoms with Crippen LogP contribution in [0.2, 0.25) is 0 Å². The molecule has 0 aromatic heterocycles. The summed E-state index contributed by atoms with van der Waals surface area (Å²) in [4.78, 5) is 4.91. The van der Waals surface area contributed by atoms with Crippen molar-refractivity contribution in [1.82, 2.24) is 5.06 Å². The molecule has 2 nitrogen and oxygen atoms in total. The Morgan fingerprint density at radius 1 is 1.54 bits per heavy atom. The molecule has 0 aromatic carbocycles. The Balaban J connectivity index is 2.34. The summed E-state index contributed by atoms with van der Waals surface area (Å²) in [6.07, 6.45) is 1.60. The molecule has 1 unspecified atom stereocenters. The summed E-state index contributed by atoms with van der Waals surface area (Å²) < 4.78 is 25.9. The van der Waals surface area contributed by atoms with E-state index in [0.29, 0.717) is 13.0 Å². The van der Waals surface area contributed by atoms with E-state index in [0.717, 1.165) is 6.42 Å². The van der Waals surface area contributed by atoms with E-state index in [1.165, 1.54) is 0 Å². The van der Waals surface area contributed by atoms with E-state index in [-0.39, 0.29) is 18.8 Å². The fourth-order valence-corrected chi connectivity index (χ4v) is 1.87. The largest absolute Gasteiger partial charge is 0.303 e. The fraction of sp³-hybridized carbons (Fsp3) is 1.00. The highest BCUT2D eigenvalue weighted by atomic mass is 19.3. The molecule has 1 fully saturated rings. The van der Waals surface area contributed by atoms with Crippen LogP contribution in [0.1, 0.15) is 25.7 Å². The average molecular weight is 193 g/mol. The monoisotopic (exact) mass is 193 g/mol. The molecule has 1 aliphatic rings. The van der Waals surface area contributed by atoms with Crippen LogP contribution in [0.25, 0.3) is 0 Å². The first-order valence-corrected chi connectivity index (χ1v) is 4.66. The molecule has 78 valence electrons. The second-order valence-electron chi connectivity index (χ2n) is 3.81. The van der Waals surface area contributed by atoms with Crippen LogP contribution in [0.15, 0.2) is 0 Å². The smallest absolute Gasteiger partial charge is 0.248 e. The average Bonchev–Trinajstić information content (AvgIpc) is 2.02. The van der Waals surface area contributed by atoms with Crippen molar-refractivity contribution in [2.75, 3.05) is 20.7 Å². The molecule has 0 bridgehead atoms. The minimum absolute atomic E-state index is 0.0146. The first kappa shape index (κ1) is 10.9. The molecular formula is C9H17F2NO. The standard InChI is InChI=1S/C9H17F2NO/c1-12(13-2)7-8-4-3-5-9(10,11)6-8/h8H,3-7H2,1-2H3. The van der Waals surface area contributed by atoms with Crippen LogP contribution in [0, 0.1) is 5.92 Å². The zero-order valence-electron chi connectivity index (χ0n) is 8.22. The van der Waals surface area contributed by atoms with Crippen LogP contribution in [0.5, 0.6) is 0 Å². The summed E-state index contributed by atoms with van der Waals surface area (Å²) in [5.74, 6) is -2.37. The normalized spacial score (nSPS) is 27.9. The van der Waals surface area contributed by atoms with Gasteiger partial charge in [-0.1, -0.05) is 0 Å². The molecule has 0 radical (unpaired) electrons. The number of nitrogens with zero attached hydrogens (tertiary/aromatic N) is 1. The van der Waals surface area contributed by atoms with Crippen LogP contribution < -0.4 is 0 Å². The topological polar surface area (TPSA) is 12.5 Å². The van der Waals surface area contributed by atoms with Crippen molar-refractivity contribution in [2.24, 2.45) is 5.92 Å². The molecule has 4 heteroatoms. The van der Waals surface area contributed by atoms with Gasteiger partial charge in [0.2, 0.25) is 5.92 Å². The summed E-state index contributed by atoms with van der Waals surface area (Å²) in [6, 6.07) is 0. The maximum absolute atomic E-state index is 12.9. The van der Waals surface area contributed by atoms with Gasteiger partial charge in [0.25, 0.3) is 0 Å². The van der Waals surface area contributed by atoms with E-state index in [1.807, 2.05) is 0 Å². The molecule has 1 aliphatic carbocycles. The highest BCUT2D eigenvalue weighted by Crippen LogP contribution is 2.36. The number of hydroxylamine groups is 2. The Hall–Kier alpha value is -0.220. The van der Waals surface area contributed by atoms with Crippen molar-refractivity contribution in [1.29, 1.82) is 0 Å². The maximum Gasteiger partial charge on any atom is 0.248 e. The predicted octanol–water partition coefficient (Wildman–Crippen LogP) is 2.31. The molecule has 1 saturated carbocycles. The lowest BCUT2D eigenvalue weighted by Gasteiger charge is -2.30. The van der Waals surface area contributed by atoms with Gasteiger partial charge in [-0.05, 0) is 18.8 Å². The molecule has 13 heavy (non-hydrogen) atoms. The van der Waals surface area contributed by atoms with Gasteiger partial charge >= 0.3 is 0 Å². The van der Waals surface area contributed by atoms with E-state index in [4.69, 9.17) is 4.84 Å². The van der Waals surface area contributed by atoms with Crippen LogP contribution in [-0.2, 0) is 4.84 Å². The van der Waals surface area contributed by atoms with Crippen molar-refractivity contribution >= 4 is 0 Å². The van der Waals surface area contributed by atoms with E-state index in [2.05, 4.69) is 0 Å². The van der Waals surface area contributed by atoms with Gasteiger partial charge in [0, 0.05) is 26.4 Å². The predicted molar refractivity (Wildman–Crippen MR) is 46.5 cm³/mol. The third-order valence-corrected chi connectivity index (χ3v) is 2.57. The molecule has 0 amide bonds. The highest BCUT2D eigenvalue weighted by molar-refractivity contribution is 4.78. The Kier molecular flexibility index (Phi) is 3.62. The first-order chi connectivity index (χ1) is 6.03. The molecule has 1 atom stereocenters. The fourth-order valence-electron chi connectivity index (χ4n) is 1.87. The highest BCUT2D eigenvalue weighted by Gasteiger charge is 2.36. The zero-order chi connectivity index (χ0) is 9.90. The molecule has 0 heterocycles. The van der Waals surface area contributed by atoms with Gasteiger partial charge in [-0.2, -0.15) is 5.06 Å². The van der Waals surface area contributed by atoms with Gasteiger partial charge in [0.15, 0.2) is 0 Å². The summed E-state index contributed by atoms with van der Waals surface area (Å²) in [5.41, 5.74) is 0. The molecule has 0 aliphatic heterocycles. The molecule has 0 saturated heterocycles. The van der Waals surface area contributed by atoms with Crippen LogP contribution in [0.4, 0.5) is 8.78 Å². The van der Waals surface area contributed by atoms with Crippen LogP contribution in [-0.4, -0.2) is 31.7 Å². The zero-order valence-corrected chi connectivity index (χ0v) is 8.22. The van der Waals surface area contributed by atoms with Crippen molar-refractivity contribution < 1.29 is 13.6 Å². The minimum Gasteiger partial charge on any atom is -0.303 e. The summed E-state index contributed by atoms with van der Waals surface area (Å²) in [7, 11) is 3.33. The first-order valence-electron chi connectivity index (χ1n) is 4.66. The van der Waals surface area contributed by atoms with E-state index < -0.39 is 5.92 Å². The minimum atomic E-state index is -2.45. The summed E-state index contributed by atoms with van der Waals surface area (Å²) in [6.45, 7) is 0.603. The Labute approximate surface area is 77.8 Å². The second-order valence-corrected chi connectivity index (χ2v) is 3.81. The molecular weight excluding hydrogens is 176 g/mol. The van der Waals surface area contributed by atoms with E-state index >= 15 is 0 Å². The number of halogens is 2. The third-order valence-electron chi connectivity index (χ3n) is 2.57. The van der Waals surface area contributed by atoms with Gasteiger partial charge < -0.3 is 4.84 Å². The molecule has 1 rings (SSSR count). The summed E-state index contributed by atoms with van der Waals surface area (Å²) in [5, 5.41) is 1.62. The van der Waals surface area contributed by atoms with Crippen molar-refractivity contribution in [2.45, 2.75) is 31.6 Å². The Bertz CT molecular complexity index is 164. The van der Waals surface area contributed by atoms with Gasteiger partial charge in [0.1, 0.15) is 0 Å². The second kappa shape index (κ2) is 4.33. The number of rotatable bonds is 3. The van der Waals surface area contributed by atoms with Crippen molar-refractivity contribution in [3.05, 3.63) is 0 Å². The van der Waals surface area contributed by atoms with Crippen molar-refractivity contribution in [3.63, 3.8) is 0 Å². The van der Waals surface area contributed by atoms with Crippen LogP contribution in [0.3, 0.4) is 0 Å². The van der Waals surface area contributed by atoms with Crippen molar-refractivity contribution in [3.8, 4) is 0 Å². The molecule has 0 spiro atoms. The lowest BCUT2D eigenvalue weighted by Crippen LogP contribution is -2.33. The molecule has 0 N–H and O–H groups in total. The van der Waals surface area contributed by atoms with Gasteiger partial charge in [-0.3, -0.25) is 0 Å². The maximum atomic E-state index is 12.9. The quantitative estimate of drug-likeness (QED) is 0.638. The van der Waals surface area contributed by atoms with Gasteiger partial charge in [0.05, 0.1) is 7.11 Å². The van der Waals surface area contributed by atoms with Crippen LogP contribution >= 0.6 is 0 Å². The van der Waals surface area contributed by atoms with Gasteiger partial charge in [-0.25, -0.2) is 8.78 Å². The van der Waals surface area contributed by atoms with E-state index in [1.54, 1.807) is 19.2 Å². The number of hydrogen-bond acceptors (Lipinski definition) is 2. The third kappa shape index (κ3) is 3.56. The number of alkyl halides is 2.